The van der Waals surface area contributed by atoms with E-state index in [9.17, 15) is 5.11 Å². The van der Waals surface area contributed by atoms with Crippen molar-refractivity contribution in [3.8, 4) is 0 Å². The Morgan fingerprint density at radius 2 is 2.00 bits per heavy atom. The molecule has 0 aromatic rings. The van der Waals surface area contributed by atoms with Crippen molar-refractivity contribution in [2.45, 2.75) is 52.2 Å². The highest BCUT2D eigenvalue weighted by Crippen LogP contribution is 2.24. The normalized spacial score (nSPS) is 13.4. The van der Waals surface area contributed by atoms with Gasteiger partial charge in [0.2, 0.25) is 0 Å². The Balaban J connectivity index is 4.33. The van der Waals surface area contributed by atoms with Crippen molar-refractivity contribution in [2.75, 3.05) is 6.54 Å². The molecule has 0 saturated heterocycles. The molecule has 0 aliphatic carbocycles. The average Bonchev–Trinajstić information content (AvgIpc) is 2.21. The van der Waals surface area contributed by atoms with Crippen LogP contribution in [-0.4, -0.2) is 36.6 Å². The van der Waals surface area contributed by atoms with Crippen LogP contribution in [0.25, 0.3) is 0 Å². The Morgan fingerprint density at radius 3 is 2.41 bits per heavy atom. The first-order chi connectivity index (χ1) is 7.74. The first kappa shape index (κ1) is 16.2. The van der Waals surface area contributed by atoms with Crippen molar-refractivity contribution in [3.05, 3.63) is 11.7 Å². The highest BCUT2D eigenvalue weighted by Gasteiger charge is 2.35. The summed E-state index contributed by atoms with van der Waals surface area (Å²) >= 11 is 0. The smallest absolute Gasteiger partial charge is 0.312 e. The zero-order valence-electron chi connectivity index (χ0n) is 11.6. The third-order valence-electron chi connectivity index (χ3n) is 2.94. The molecule has 4 nitrogen and oxygen atoms in total. The largest absolute Gasteiger partial charge is 0.427 e. The third-order valence-corrected chi connectivity index (χ3v) is 2.94. The van der Waals surface area contributed by atoms with E-state index in [2.05, 4.69) is 12.2 Å². The van der Waals surface area contributed by atoms with Gasteiger partial charge >= 0.3 is 7.48 Å². The van der Waals surface area contributed by atoms with Gasteiger partial charge in [0.15, 0.2) is 0 Å². The van der Waals surface area contributed by atoms with Crippen molar-refractivity contribution < 1.29 is 9.76 Å². The van der Waals surface area contributed by atoms with Crippen molar-refractivity contribution in [2.24, 2.45) is 0 Å². The van der Waals surface area contributed by atoms with Gasteiger partial charge in [0.25, 0.3) is 0 Å². The van der Waals surface area contributed by atoms with Gasteiger partial charge in [-0.2, -0.15) is 0 Å². The predicted octanol–water partition coefficient (Wildman–Crippen LogP) is 1.39. The first-order valence-corrected chi connectivity index (χ1v) is 6.04. The van der Waals surface area contributed by atoms with Crippen molar-refractivity contribution in [3.63, 3.8) is 0 Å². The Bertz CT molecular complexity index is 270. The molecule has 0 amide bonds. The van der Waals surface area contributed by atoms with E-state index >= 15 is 0 Å². The predicted molar refractivity (Wildman–Crippen MR) is 73.8 cm³/mol. The van der Waals surface area contributed by atoms with Crippen LogP contribution in [-0.2, 0) is 4.65 Å². The molecule has 0 aromatic heterocycles. The number of nitrogens with one attached hydrogen (secondary N) is 2. The van der Waals surface area contributed by atoms with Crippen LogP contribution in [0.3, 0.4) is 0 Å². The summed E-state index contributed by atoms with van der Waals surface area (Å²) in [6.07, 6.45) is 4.10. The van der Waals surface area contributed by atoms with Gasteiger partial charge < -0.3 is 20.5 Å². The van der Waals surface area contributed by atoms with Gasteiger partial charge in [-0.15, -0.1) is 0 Å². The highest BCUT2D eigenvalue weighted by atomic mass is 16.5. The zero-order chi connectivity index (χ0) is 13.5. The van der Waals surface area contributed by atoms with Crippen LogP contribution in [0.2, 0.25) is 0 Å². The van der Waals surface area contributed by atoms with E-state index in [1.54, 1.807) is 20.0 Å². The quantitative estimate of drug-likeness (QED) is 0.341. The summed E-state index contributed by atoms with van der Waals surface area (Å²) in [5, 5.41) is 20.3. The van der Waals surface area contributed by atoms with Crippen LogP contribution < -0.4 is 5.32 Å². The summed E-state index contributed by atoms with van der Waals surface area (Å²) in [4.78, 5) is 0. The highest BCUT2D eigenvalue weighted by molar-refractivity contribution is 6.45. The van der Waals surface area contributed by atoms with E-state index in [1.165, 1.54) is 6.21 Å². The molecule has 0 aromatic carbocycles. The Hall–Kier alpha value is -0.805. The summed E-state index contributed by atoms with van der Waals surface area (Å²) in [5.41, 5.74) is -0.813. The standard InChI is InChI=1S/C12H25BN2O2/c1-6-7-15-9-10(8-14)13-17-12(4,5)11(2,3)16/h8-9,13-16H,6-7H2,1-5H3/b10-9+,14-8?. The number of aliphatic hydroxyl groups is 1. The molecule has 0 aliphatic rings. The molecule has 5 heteroatoms. The molecule has 98 valence electrons. The minimum atomic E-state index is -0.920. The lowest BCUT2D eigenvalue weighted by Gasteiger charge is -2.37. The SMILES string of the molecule is CCCN/C=C(/BOC(C)(C)C(C)(C)O)C=N. The Morgan fingerprint density at radius 1 is 1.41 bits per heavy atom. The monoisotopic (exact) mass is 240 g/mol. The minimum absolute atomic E-state index is 0.317. The average molecular weight is 240 g/mol. The van der Waals surface area contributed by atoms with E-state index < -0.39 is 11.2 Å². The van der Waals surface area contributed by atoms with Gasteiger partial charge in [0.05, 0.1) is 11.2 Å². The second-order valence-corrected chi connectivity index (χ2v) is 5.18. The van der Waals surface area contributed by atoms with Crippen LogP contribution in [0.5, 0.6) is 0 Å². The summed E-state index contributed by atoms with van der Waals surface area (Å²) in [6.45, 7) is 10.1. The summed E-state index contributed by atoms with van der Waals surface area (Å²) < 4.78 is 5.67. The lowest BCUT2D eigenvalue weighted by Crippen LogP contribution is -2.48. The molecule has 0 heterocycles. The fourth-order valence-electron chi connectivity index (χ4n) is 0.913. The number of rotatable bonds is 8. The zero-order valence-corrected chi connectivity index (χ0v) is 11.6. The molecule has 0 rings (SSSR count). The maximum absolute atomic E-state index is 9.93. The molecule has 0 radical (unpaired) electrons. The number of allylic oxidation sites excluding steroid dienone is 1. The van der Waals surface area contributed by atoms with E-state index in [-0.39, 0.29) is 0 Å². The van der Waals surface area contributed by atoms with E-state index in [1.807, 2.05) is 13.8 Å². The Labute approximate surface area is 105 Å². The molecule has 0 fully saturated rings. The molecule has 3 N–H and O–H groups in total. The van der Waals surface area contributed by atoms with Crippen LogP contribution in [0, 0.1) is 5.41 Å². The summed E-state index contributed by atoms with van der Waals surface area (Å²) in [5.74, 6) is 0. The molecule has 0 spiro atoms. The van der Waals surface area contributed by atoms with Crippen LogP contribution in [0.15, 0.2) is 11.7 Å². The van der Waals surface area contributed by atoms with E-state index in [0.29, 0.717) is 7.48 Å². The fraction of sp³-hybridized carbons (Fsp3) is 0.750. The maximum Gasteiger partial charge on any atom is 0.312 e. The fourth-order valence-corrected chi connectivity index (χ4v) is 0.913. The van der Waals surface area contributed by atoms with E-state index in [4.69, 9.17) is 10.1 Å². The molecular formula is C12H25BN2O2. The molecule has 0 aliphatic heterocycles. The maximum atomic E-state index is 9.93. The molecule has 17 heavy (non-hydrogen) atoms. The minimum Gasteiger partial charge on any atom is -0.427 e. The van der Waals surface area contributed by atoms with Gasteiger partial charge in [-0.3, -0.25) is 0 Å². The van der Waals surface area contributed by atoms with Crippen molar-refractivity contribution in [1.82, 2.24) is 5.32 Å². The molecule has 0 unspecified atom stereocenters. The number of hydrogen-bond acceptors (Lipinski definition) is 4. The summed E-state index contributed by atoms with van der Waals surface area (Å²) in [6, 6.07) is 0. The molecule has 0 atom stereocenters. The van der Waals surface area contributed by atoms with Gasteiger partial charge in [-0.25, -0.2) is 0 Å². The van der Waals surface area contributed by atoms with Crippen molar-refractivity contribution in [1.29, 1.82) is 5.41 Å². The topological polar surface area (TPSA) is 65.3 Å². The molecule has 0 bridgehead atoms. The van der Waals surface area contributed by atoms with Crippen LogP contribution in [0.1, 0.15) is 41.0 Å². The second-order valence-electron chi connectivity index (χ2n) is 5.18. The summed E-state index contributed by atoms with van der Waals surface area (Å²) in [7, 11) is 0.317. The van der Waals surface area contributed by atoms with Crippen molar-refractivity contribution >= 4 is 13.7 Å². The van der Waals surface area contributed by atoms with Gasteiger partial charge in [-0.1, -0.05) is 6.92 Å². The van der Waals surface area contributed by atoms with Gasteiger partial charge in [0.1, 0.15) is 0 Å². The third kappa shape index (κ3) is 5.89. The van der Waals surface area contributed by atoms with E-state index in [0.717, 1.165) is 18.4 Å². The molecule has 0 saturated carbocycles. The van der Waals surface area contributed by atoms with Crippen LogP contribution in [0.4, 0.5) is 0 Å². The molecular weight excluding hydrogens is 215 g/mol. The van der Waals surface area contributed by atoms with Gasteiger partial charge in [0, 0.05) is 12.8 Å². The lowest BCUT2D eigenvalue weighted by molar-refractivity contribution is -0.0895. The van der Waals surface area contributed by atoms with Gasteiger partial charge in [-0.05, 0) is 45.8 Å². The first-order valence-electron chi connectivity index (χ1n) is 6.04. The van der Waals surface area contributed by atoms with Crippen LogP contribution >= 0.6 is 0 Å². The number of hydrogen-bond donors (Lipinski definition) is 3. The Kier molecular flexibility index (Phi) is 6.49. The second kappa shape index (κ2) is 6.82. The lowest BCUT2D eigenvalue weighted by atomic mass is 9.83.